The molecule has 2 aromatic rings. The predicted molar refractivity (Wildman–Crippen MR) is 102 cm³/mol. The lowest BCUT2D eigenvalue weighted by Gasteiger charge is -2.27. The number of hydrogen-bond acceptors (Lipinski definition) is 2. The number of halogens is 1. The van der Waals surface area contributed by atoms with Gasteiger partial charge in [0, 0.05) is 13.6 Å². The lowest BCUT2D eigenvalue weighted by atomic mass is 10.1. The number of hydrogen-bond donors (Lipinski definition) is 2. The Morgan fingerprint density at radius 3 is 2.24 bits per heavy atom. The summed E-state index contributed by atoms with van der Waals surface area (Å²) in [6.45, 7) is 2.77. The zero-order valence-corrected chi connectivity index (χ0v) is 15.3. The normalized spacial score (nSPS) is 14.2. The molecule has 0 aromatic heterocycles. The molecule has 0 bridgehead atoms. The van der Waals surface area contributed by atoms with E-state index in [0.29, 0.717) is 6.54 Å². The SMILES string of the molecule is CN=C(NCC(c1ccc(F)cc1)N(C)C)NC(C)c1ccccc1. The van der Waals surface area contributed by atoms with Crippen molar-refractivity contribution in [3.05, 3.63) is 71.5 Å². The third kappa shape index (κ3) is 5.57. The number of rotatable bonds is 6. The zero-order chi connectivity index (χ0) is 18.2. The molecule has 134 valence electrons. The Bertz CT molecular complexity index is 668. The molecule has 5 heteroatoms. The van der Waals surface area contributed by atoms with Gasteiger partial charge in [-0.15, -0.1) is 0 Å². The molecule has 0 radical (unpaired) electrons. The largest absolute Gasteiger partial charge is 0.354 e. The van der Waals surface area contributed by atoms with E-state index in [0.717, 1.165) is 11.5 Å². The first-order chi connectivity index (χ1) is 12.0. The summed E-state index contributed by atoms with van der Waals surface area (Å²) in [5, 5.41) is 6.77. The van der Waals surface area contributed by atoms with Gasteiger partial charge in [-0.05, 0) is 44.3 Å². The quantitative estimate of drug-likeness (QED) is 0.625. The molecule has 2 aromatic carbocycles. The van der Waals surface area contributed by atoms with Gasteiger partial charge in [-0.3, -0.25) is 4.99 Å². The van der Waals surface area contributed by atoms with Crippen LogP contribution in [0.5, 0.6) is 0 Å². The van der Waals surface area contributed by atoms with Crippen molar-refractivity contribution < 1.29 is 4.39 Å². The molecule has 2 atom stereocenters. The Hall–Kier alpha value is -2.40. The summed E-state index contributed by atoms with van der Waals surface area (Å²) < 4.78 is 13.2. The van der Waals surface area contributed by atoms with Gasteiger partial charge >= 0.3 is 0 Å². The van der Waals surface area contributed by atoms with E-state index in [1.165, 1.54) is 17.7 Å². The van der Waals surface area contributed by atoms with Crippen molar-refractivity contribution in [2.45, 2.75) is 19.0 Å². The highest BCUT2D eigenvalue weighted by molar-refractivity contribution is 5.80. The third-order valence-corrected chi connectivity index (χ3v) is 4.22. The van der Waals surface area contributed by atoms with Crippen LogP contribution in [0.4, 0.5) is 4.39 Å². The van der Waals surface area contributed by atoms with Gasteiger partial charge in [0.05, 0.1) is 12.1 Å². The van der Waals surface area contributed by atoms with E-state index in [-0.39, 0.29) is 17.9 Å². The highest BCUT2D eigenvalue weighted by Gasteiger charge is 2.15. The fourth-order valence-electron chi connectivity index (χ4n) is 2.70. The number of aliphatic imine (C=N–C) groups is 1. The molecule has 25 heavy (non-hydrogen) atoms. The summed E-state index contributed by atoms with van der Waals surface area (Å²) in [6, 6.07) is 17.1. The molecule has 0 aliphatic carbocycles. The van der Waals surface area contributed by atoms with E-state index >= 15 is 0 Å². The first kappa shape index (κ1) is 18.9. The van der Waals surface area contributed by atoms with E-state index < -0.39 is 0 Å². The molecule has 0 fully saturated rings. The number of benzene rings is 2. The Labute approximate surface area is 149 Å². The predicted octanol–water partition coefficient (Wildman–Crippen LogP) is 3.35. The number of nitrogens with one attached hydrogen (secondary N) is 2. The molecule has 0 saturated heterocycles. The van der Waals surface area contributed by atoms with Crippen molar-refractivity contribution in [2.24, 2.45) is 4.99 Å². The molecular weight excluding hydrogens is 315 g/mol. The minimum atomic E-state index is -0.219. The van der Waals surface area contributed by atoms with Crippen LogP contribution in [0.3, 0.4) is 0 Å². The molecule has 0 aliphatic heterocycles. The second-order valence-corrected chi connectivity index (χ2v) is 6.26. The van der Waals surface area contributed by atoms with Gasteiger partial charge < -0.3 is 15.5 Å². The van der Waals surface area contributed by atoms with Crippen LogP contribution in [-0.4, -0.2) is 38.5 Å². The molecule has 0 spiro atoms. The number of likely N-dealkylation sites (N-methyl/N-ethyl adjacent to an activating group) is 1. The monoisotopic (exact) mass is 342 g/mol. The van der Waals surface area contributed by atoms with Gasteiger partial charge in [0.25, 0.3) is 0 Å². The van der Waals surface area contributed by atoms with Crippen LogP contribution in [0.2, 0.25) is 0 Å². The van der Waals surface area contributed by atoms with Crippen molar-refractivity contribution in [1.82, 2.24) is 15.5 Å². The zero-order valence-electron chi connectivity index (χ0n) is 15.3. The molecule has 0 amide bonds. The van der Waals surface area contributed by atoms with E-state index in [1.54, 1.807) is 7.05 Å². The maximum Gasteiger partial charge on any atom is 0.191 e. The maximum absolute atomic E-state index is 13.2. The van der Waals surface area contributed by atoms with E-state index in [2.05, 4.69) is 39.6 Å². The Morgan fingerprint density at radius 1 is 1.04 bits per heavy atom. The third-order valence-electron chi connectivity index (χ3n) is 4.22. The molecule has 0 aliphatic rings. The molecule has 2 N–H and O–H groups in total. The van der Waals surface area contributed by atoms with Crippen molar-refractivity contribution in [3.8, 4) is 0 Å². The smallest absolute Gasteiger partial charge is 0.191 e. The van der Waals surface area contributed by atoms with Gasteiger partial charge in [-0.2, -0.15) is 0 Å². The first-order valence-electron chi connectivity index (χ1n) is 8.45. The number of nitrogens with zero attached hydrogens (tertiary/aromatic N) is 2. The highest BCUT2D eigenvalue weighted by Crippen LogP contribution is 2.18. The molecule has 2 rings (SSSR count). The Balaban J connectivity index is 1.99. The molecular formula is C20H27FN4. The fourth-order valence-corrected chi connectivity index (χ4v) is 2.70. The maximum atomic E-state index is 13.2. The average Bonchev–Trinajstić information content (AvgIpc) is 2.62. The van der Waals surface area contributed by atoms with Gasteiger partial charge in [-0.1, -0.05) is 42.5 Å². The standard InChI is InChI=1S/C20H27FN4/c1-15(16-8-6-5-7-9-16)24-20(22-2)23-14-19(25(3)4)17-10-12-18(21)13-11-17/h5-13,15,19H,14H2,1-4H3,(H2,22,23,24). The minimum absolute atomic E-state index is 0.117. The van der Waals surface area contributed by atoms with Crippen LogP contribution in [0.15, 0.2) is 59.6 Å². The van der Waals surface area contributed by atoms with Gasteiger partial charge in [-0.25, -0.2) is 4.39 Å². The summed E-state index contributed by atoms with van der Waals surface area (Å²) in [5.41, 5.74) is 2.26. The first-order valence-corrected chi connectivity index (χ1v) is 8.45. The van der Waals surface area contributed by atoms with Gasteiger partial charge in [0.1, 0.15) is 5.82 Å². The van der Waals surface area contributed by atoms with Crippen molar-refractivity contribution in [2.75, 3.05) is 27.7 Å². The van der Waals surface area contributed by atoms with Crippen molar-refractivity contribution >= 4 is 5.96 Å². The molecule has 0 saturated carbocycles. The van der Waals surface area contributed by atoms with Crippen LogP contribution in [0.25, 0.3) is 0 Å². The van der Waals surface area contributed by atoms with Crippen LogP contribution < -0.4 is 10.6 Å². The van der Waals surface area contributed by atoms with Gasteiger partial charge in [0.15, 0.2) is 5.96 Å². The summed E-state index contributed by atoms with van der Waals surface area (Å²) in [5.74, 6) is 0.522. The molecule has 0 heterocycles. The lowest BCUT2D eigenvalue weighted by molar-refractivity contribution is 0.298. The summed E-state index contributed by atoms with van der Waals surface area (Å²) in [7, 11) is 5.78. The van der Waals surface area contributed by atoms with Crippen LogP contribution in [-0.2, 0) is 0 Å². The summed E-state index contributed by atoms with van der Waals surface area (Å²) >= 11 is 0. The lowest BCUT2D eigenvalue weighted by Crippen LogP contribution is -2.42. The van der Waals surface area contributed by atoms with Crippen LogP contribution >= 0.6 is 0 Å². The van der Waals surface area contributed by atoms with Gasteiger partial charge in [0.2, 0.25) is 0 Å². The summed E-state index contributed by atoms with van der Waals surface area (Å²) in [4.78, 5) is 6.41. The Morgan fingerprint density at radius 2 is 1.68 bits per heavy atom. The second kappa shape index (κ2) is 9.18. The minimum Gasteiger partial charge on any atom is -0.354 e. The fraction of sp³-hybridized carbons (Fsp3) is 0.350. The van der Waals surface area contributed by atoms with Crippen LogP contribution in [0, 0.1) is 5.82 Å². The highest BCUT2D eigenvalue weighted by atomic mass is 19.1. The van der Waals surface area contributed by atoms with E-state index in [1.807, 2.05) is 44.4 Å². The average molecular weight is 342 g/mol. The van der Waals surface area contributed by atoms with E-state index in [9.17, 15) is 4.39 Å². The Kier molecular flexibility index (Phi) is 6.95. The van der Waals surface area contributed by atoms with Crippen molar-refractivity contribution in [1.29, 1.82) is 0 Å². The number of guanidine groups is 1. The summed E-state index contributed by atoms with van der Waals surface area (Å²) in [6.07, 6.45) is 0. The second-order valence-electron chi connectivity index (χ2n) is 6.26. The molecule has 2 unspecified atom stereocenters. The van der Waals surface area contributed by atoms with Crippen molar-refractivity contribution in [3.63, 3.8) is 0 Å². The molecule has 4 nitrogen and oxygen atoms in total. The topological polar surface area (TPSA) is 39.7 Å². The van der Waals surface area contributed by atoms with Crippen LogP contribution in [0.1, 0.15) is 30.1 Å². The van der Waals surface area contributed by atoms with E-state index in [4.69, 9.17) is 0 Å².